The predicted molar refractivity (Wildman–Crippen MR) is 377 cm³/mol. The molecule has 101 heavy (non-hydrogen) atoms. The summed E-state index contributed by atoms with van der Waals surface area (Å²) in [6.07, 6.45) is 8.89. The minimum absolute atomic E-state index is 0.0225. The number of piperidine rings is 5. The maximum Gasteiger partial charge on any atom is 0.410 e. The lowest BCUT2D eigenvalue weighted by molar-refractivity contribution is -0.122. The number of fused-ring (bicyclic) bond motifs is 2. The Bertz CT molecular complexity index is 3500. The average Bonchev–Trinajstić information content (AvgIpc) is 0.826. The van der Waals surface area contributed by atoms with Crippen LogP contribution in [0, 0.1) is 13.1 Å². The van der Waals surface area contributed by atoms with Gasteiger partial charge in [-0.05, 0) is 149 Å². The number of nitrogens with zero attached hydrogens (tertiary/aromatic N) is 13. The standard InChI is InChI=1S/C18H23ClFN5O2.C11H17FN2O2.C11H21FN2O2.C11H18N2O3.C10H17NO3.C7H3Cl2N3/c1-17(2,3)27-16(26)25-8-4-5-18(20,11-25)10-23-15-14-12(9-13(19)24-15)21-6-7-22-14;1-10(2,3)16-9(15)14-7-5-6-11(12,8-14)13-4;1-10(2,3)16-9(15)14-6-4-5-11(12,7-13)8-14;1-10(2,3)16-9(14)13-7-5-6-11(15,8-13)12-4;1-10(2,3)14-9(13)11-6-4-5-8(12)7-11;8-5-3-4-6(7(9)12-5)11-2-1-10-4/h6-7,9H,4-5,8,10-11H2,1-3H3,(H,23,24);5-8H2,1-3H3;4-8,13H2,1-3H3;15H,5-8H2,1-3H3;4-7H2,1-3H3;1-3H. The second-order valence-electron chi connectivity index (χ2n) is 29.9. The molecule has 5 fully saturated rings. The van der Waals surface area contributed by atoms with Crippen LogP contribution in [-0.4, -0.2) is 225 Å². The number of carbonyl (C=O) groups excluding carboxylic acids is 6. The second kappa shape index (κ2) is 36.5. The highest BCUT2D eigenvalue weighted by Crippen LogP contribution is 2.32. The van der Waals surface area contributed by atoms with Gasteiger partial charge in [0.15, 0.2) is 16.8 Å². The number of nitrogens with two attached hydrogens (primary N) is 1. The SMILES string of the molecule is CC(C)(C)OC(=O)N1CCCC(=O)C1.CC(C)(C)OC(=O)N1CCCC(F)(CN)C1.CC(C)(C)OC(=O)N1CCCC(F)(CNc2nc(Cl)cc3nccnc23)C1.Clc1cc2nccnc2c(Cl)n1.[C-]#[N+]C1(F)CCCN(C(=O)OC(C)(C)C)C1.[C-]#[N+]C1(O)CCCN(C(=O)OC(C)(C)C)C1. The van der Waals surface area contributed by atoms with Crippen molar-refractivity contribution in [2.24, 2.45) is 5.73 Å². The Labute approximate surface area is 605 Å². The van der Waals surface area contributed by atoms with Crippen LogP contribution in [0.25, 0.3) is 31.8 Å². The molecule has 560 valence electrons. The highest BCUT2D eigenvalue weighted by molar-refractivity contribution is 6.36. The number of alkyl halides is 3. The number of ether oxygens (including phenoxy) is 5. The van der Waals surface area contributed by atoms with E-state index in [-0.39, 0.29) is 74.4 Å². The summed E-state index contributed by atoms with van der Waals surface area (Å²) in [6.45, 7) is 43.1. The Hall–Kier alpha value is -7.64. The first kappa shape index (κ1) is 85.8. The van der Waals surface area contributed by atoms with Crippen molar-refractivity contribution < 1.29 is 70.7 Å². The summed E-state index contributed by atoms with van der Waals surface area (Å²) < 4.78 is 69.1. The quantitative estimate of drug-likeness (QED) is 0.0740. The molecule has 4 aromatic rings. The van der Waals surface area contributed by atoms with Gasteiger partial charge < -0.3 is 54.5 Å². The van der Waals surface area contributed by atoms with E-state index >= 15 is 4.39 Å². The second-order valence-corrected chi connectivity index (χ2v) is 31.1. The molecular formula is C68H99Cl3F3N15O12. The lowest BCUT2D eigenvalue weighted by Gasteiger charge is -2.38. The van der Waals surface area contributed by atoms with E-state index in [1.54, 1.807) is 120 Å². The van der Waals surface area contributed by atoms with Crippen LogP contribution in [0.3, 0.4) is 0 Å². The summed E-state index contributed by atoms with van der Waals surface area (Å²) in [7, 11) is 0. The number of hydrogen-bond donors (Lipinski definition) is 3. The number of ketones is 1. The molecule has 5 aliphatic heterocycles. The molecule has 0 bridgehead atoms. The van der Waals surface area contributed by atoms with Crippen molar-refractivity contribution in [3.8, 4) is 0 Å². The van der Waals surface area contributed by atoms with E-state index in [2.05, 4.69) is 44.9 Å². The molecule has 5 saturated heterocycles. The number of aromatic nitrogens is 6. The molecule has 4 N–H and O–H groups in total. The Kier molecular flexibility index (Phi) is 31.0. The number of aliphatic hydroxyl groups is 1. The van der Waals surface area contributed by atoms with Gasteiger partial charge in [0, 0.05) is 82.6 Å². The van der Waals surface area contributed by atoms with Crippen molar-refractivity contribution in [3.05, 3.63) is 75.2 Å². The van der Waals surface area contributed by atoms with E-state index in [0.29, 0.717) is 117 Å². The molecule has 33 heteroatoms. The molecular weight excluding hydrogens is 1380 g/mol. The number of Topliss-reactive ketones (excluding diaryl/α,β-unsaturated/α-hetero) is 1. The first-order chi connectivity index (χ1) is 46.6. The highest BCUT2D eigenvalue weighted by atomic mass is 35.5. The maximum absolute atomic E-state index is 15.4. The summed E-state index contributed by atoms with van der Waals surface area (Å²) >= 11 is 17.4. The molecule has 4 unspecified atom stereocenters. The molecule has 5 aliphatic rings. The Morgan fingerprint density at radius 3 is 1.36 bits per heavy atom. The molecule has 0 radical (unpaired) electrons. The molecule has 9 heterocycles. The zero-order valence-corrected chi connectivity index (χ0v) is 62.9. The highest BCUT2D eigenvalue weighted by Gasteiger charge is 2.45. The van der Waals surface area contributed by atoms with Crippen LogP contribution in [-0.2, 0) is 28.5 Å². The van der Waals surface area contributed by atoms with Gasteiger partial charge in [-0.3, -0.25) is 34.3 Å². The van der Waals surface area contributed by atoms with Gasteiger partial charge in [-0.2, -0.15) is 4.39 Å². The monoisotopic (exact) mass is 1480 g/mol. The number of rotatable bonds is 4. The number of likely N-dealkylation sites (tertiary alicyclic amines) is 5. The Balaban J connectivity index is 0.000000263. The number of pyridine rings is 2. The van der Waals surface area contributed by atoms with Gasteiger partial charge in [0.1, 0.15) is 73.8 Å². The fourth-order valence-electron chi connectivity index (χ4n) is 10.1. The largest absolute Gasteiger partial charge is 0.444 e. The molecule has 4 aromatic heterocycles. The van der Waals surface area contributed by atoms with Crippen LogP contribution in [0.2, 0.25) is 15.5 Å². The minimum Gasteiger partial charge on any atom is -0.444 e. The molecule has 0 spiro atoms. The predicted octanol–water partition coefficient (Wildman–Crippen LogP) is 13.7. The summed E-state index contributed by atoms with van der Waals surface area (Å²) in [5.41, 5.74) is 0.414. The number of β-amino-alcohol motifs (C(OH)–C–C–N with tert-alkyl or cyclic N) is 1. The van der Waals surface area contributed by atoms with Gasteiger partial charge in [-0.1, -0.05) is 34.8 Å². The van der Waals surface area contributed by atoms with Crippen LogP contribution < -0.4 is 11.1 Å². The molecule has 5 amide bonds. The number of anilines is 1. The topological polar surface area (TPSA) is 309 Å². The number of carbonyl (C=O) groups is 6. The van der Waals surface area contributed by atoms with E-state index in [1.165, 1.54) is 24.5 Å². The molecule has 0 saturated carbocycles. The molecule has 27 nitrogen and oxygen atoms in total. The lowest BCUT2D eigenvalue weighted by Crippen LogP contribution is -2.52. The summed E-state index contributed by atoms with van der Waals surface area (Å²) in [5, 5.41) is 13.6. The van der Waals surface area contributed by atoms with E-state index in [9.17, 15) is 42.7 Å². The fourth-order valence-corrected chi connectivity index (χ4v) is 10.8. The maximum atomic E-state index is 15.4. The zero-order valence-electron chi connectivity index (χ0n) is 60.6. The zero-order chi connectivity index (χ0) is 76.2. The van der Waals surface area contributed by atoms with E-state index in [4.69, 9.17) is 77.4 Å². The van der Waals surface area contributed by atoms with Crippen molar-refractivity contribution in [2.75, 3.05) is 83.9 Å². The van der Waals surface area contributed by atoms with Crippen molar-refractivity contribution in [1.82, 2.24) is 54.4 Å². The van der Waals surface area contributed by atoms with Crippen molar-refractivity contribution in [2.45, 2.75) is 219 Å². The number of nitrogens with one attached hydrogen (secondary N) is 1. The van der Waals surface area contributed by atoms with Crippen molar-refractivity contribution >= 4 is 98.9 Å². The van der Waals surface area contributed by atoms with Crippen LogP contribution >= 0.6 is 34.8 Å². The summed E-state index contributed by atoms with van der Waals surface area (Å²) in [6, 6.07) is 3.22. The van der Waals surface area contributed by atoms with Gasteiger partial charge in [0.25, 0.3) is 0 Å². The van der Waals surface area contributed by atoms with Gasteiger partial charge >= 0.3 is 42.0 Å². The first-order valence-electron chi connectivity index (χ1n) is 33.2. The summed E-state index contributed by atoms with van der Waals surface area (Å²) in [4.78, 5) is 108. The number of amides is 5. The van der Waals surface area contributed by atoms with Crippen LogP contribution in [0.15, 0.2) is 36.9 Å². The molecule has 0 aromatic carbocycles. The van der Waals surface area contributed by atoms with E-state index in [0.717, 1.165) is 6.42 Å². The van der Waals surface area contributed by atoms with Crippen LogP contribution in [0.5, 0.6) is 0 Å². The molecule has 0 aliphatic carbocycles. The number of hydrogen-bond acceptors (Lipinski definition) is 20. The third kappa shape index (κ3) is 30.8. The Morgan fingerprint density at radius 1 is 0.535 bits per heavy atom. The summed E-state index contributed by atoms with van der Waals surface area (Å²) in [5.74, 6) is -1.45. The van der Waals surface area contributed by atoms with Crippen molar-refractivity contribution in [3.63, 3.8) is 0 Å². The van der Waals surface area contributed by atoms with Crippen LogP contribution in [0.1, 0.15) is 168 Å². The third-order valence-corrected chi connectivity index (χ3v) is 15.2. The first-order valence-corrected chi connectivity index (χ1v) is 34.3. The number of halogens is 6. The Morgan fingerprint density at radius 2 is 0.911 bits per heavy atom. The van der Waals surface area contributed by atoms with Crippen molar-refractivity contribution in [1.29, 1.82) is 0 Å². The van der Waals surface area contributed by atoms with E-state index in [1.807, 2.05) is 20.8 Å². The molecule has 9 rings (SSSR count). The molecule has 4 atom stereocenters. The van der Waals surface area contributed by atoms with Gasteiger partial charge in [0.2, 0.25) is 0 Å². The van der Waals surface area contributed by atoms with E-state index < -0.39 is 75.2 Å². The van der Waals surface area contributed by atoms with Gasteiger partial charge in [-0.15, -0.1) is 0 Å². The third-order valence-electron chi connectivity index (χ3n) is 14.6. The smallest absolute Gasteiger partial charge is 0.410 e. The normalized spacial score (nSPS) is 21.8. The van der Waals surface area contributed by atoms with Gasteiger partial charge in [0.05, 0.1) is 50.1 Å². The minimum atomic E-state index is -1.94. The fraction of sp³-hybridized carbons (Fsp3) is 0.676. The average molecular weight is 1480 g/mol. The lowest BCUT2D eigenvalue weighted by atomic mass is 9.95. The van der Waals surface area contributed by atoms with Crippen LogP contribution in [0.4, 0.5) is 43.0 Å². The van der Waals surface area contributed by atoms with Gasteiger partial charge in [-0.25, -0.2) is 65.8 Å².